The number of carbonyl (C=O) groups is 2. The number of benzene rings is 1. The van der Waals surface area contributed by atoms with E-state index in [2.05, 4.69) is 0 Å². The first-order valence-electron chi connectivity index (χ1n) is 5.79. The van der Waals surface area contributed by atoms with E-state index in [-0.39, 0.29) is 11.9 Å². The maximum absolute atomic E-state index is 11.5. The molecule has 2 rings (SSSR count). The van der Waals surface area contributed by atoms with E-state index >= 15 is 0 Å². The van der Waals surface area contributed by atoms with Crippen molar-refractivity contribution in [1.82, 2.24) is 0 Å². The average molecular weight is 268 g/mol. The van der Waals surface area contributed by atoms with E-state index in [4.69, 9.17) is 14.2 Å². The number of ketones is 1. The molecule has 0 aliphatic carbocycles. The van der Waals surface area contributed by atoms with Crippen LogP contribution < -0.4 is 4.74 Å². The summed E-state index contributed by atoms with van der Waals surface area (Å²) in [6, 6.07) is 6.87. The van der Waals surface area contributed by atoms with E-state index in [0.29, 0.717) is 24.5 Å². The van der Waals surface area contributed by atoms with Gasteiger partial charge < -0.3 is 19.7 Å². The zero-order chi connectivity index (χ0) is 13.0. The van der Waals surface area contributed by atoms with Crippen molar-refractivity contribution in [3.8, 4) is 5.75 Å². The normalized spacial score (nSPS) is 14.8. The third-order valence-corrected chi connectivity index (χ3v) is 2.55. The van der Waals surface area contributed by atoms with E-state index < -0.39 is 18.0 Å². The Kier molecular flexibility index (Phi) is 5.62. The quantitative estimate of drug-likeness (QED) is 0.457. The van der Waals surface area contributed by atoms with Crippen LogP contribution in [0.3, 0.4) is 0 Å². The van der Waals surface area contributed by atoms with Gasteiger partial charge in [-0.15, -0.1) is 0 Å². The Bertz CT molecular complexity index is 450. The van der Waals surface area contributed by atoms with Crippen LogP contribution in [0.4, 0.5) is 0 Å². The van der Waals surface area contributed by atoms with Crippen molar-refractivity contribution in [2.75, 3.05) is 13.2 Å². The molecule has 1 fully saturated rings. The van der Waals surface area contributed by atoms with Crippen molar-refractivity contribution in [3.05, 3.63) is 29.8 Å². The number of rotatable bonds is 4. The first-order valence-corrected chi connectivity index (χ1v) is 5.79. The Morgan fingerprint density at radius 2 is 1.89 bits per heavy atom. The van der Waals surface area contributed by atoms with Crippen LogP contribution in [0.1, 0.15) is 25.2 Å². The highest BCUT2D eigenvalue weighted by molar-refractivity contribution is 6.34. The lowest BCUT2D eigenvalue weighted by atomic mass is 10.2. The van der Waals surface area contributed by atoms with Crippen molar-refractivity contribution < 1.29 is 29.3 Å². The highest BCUT2D eigenvalue weighted by Crippen LogP contribution is 2.31. The van der Waals surface area contributed by atoms with Crippen molar-refractivity contribution in [2.45, 2.75) is 19.6 Å². The van der Waals surface area contributed by atoms with Crippen molar-refractivity contribution in [1.29, 1.82) is 0 Å². The maximum atomic E-state index is 11.5. The number of esters is 1. The SMILES string of the molecule is CCC(=O)C(=O)Oc1ccccc1C1OCCO1.O. The summed E-state index contributed by atoms with van der Waals surface area (Å²) in [4.78, 5) is 22.7. The molecular formula is C13H16O6. The third-order valence-electron chi connectivity index (χ3n) is 2.55. The van der Waals surface area contributed by atoms with Gasteiger partial charge in [0.25, 0.3) is 0 Å². The maximum Gasteiger partial charge on any atom is 0.379 e. The molecular weight excluding hydrogens is 252 g/mol. The molecule has 1 aromatic carbocycles. The van der Waals surface area contributed by atoms with Crippen LogP contribution in [0, 0.1) is 0 Å². The summed E-state index contributed by atoms with van der Waals surface area (Å²) < 4.78 is 15.8. The lowest BCUT2D eigenvalue weighted by molar-refractivity contribution is -0.147. The fourth-order valence-corrected chi connectivity index (χ4v) is 1.61. The second-order valence-electron chi connectivity index (χ2n) is 3.78. The van der Waals surface area contributed by atoms with Gasteiger partial charge in [0.05, 0.1) is 18.8 Å². The topological polar surface area (TPSA) is 93.3 Å². The molecule has 104 valence electrons. The molecule has 1 aromatic rings. The Labute approximate surface area is 110 Å². The highest BCUT2D eigenvalue weighted by Gasteiger charge is 2.24. The van der Waals surface area contributed by atoms with Crippen molar-refractivity contribution in [3.63, 3.8) is 0 Å². The smallest absolute Gasteiger partial charge is 0.379 e. The molecule has 0 spiro atoms. The predicted molar refractivity (Wildman–Crippen MR) is 65.6 cm³/mol. The summed E-state index contributed by atoms with van der Waals surface area (Å²) in [7, 11) is 0. The van der Waals surface area contributed by atoms with Gasteiger partial charge in [0.1, 0.15) is 5.75 Å². The number of carbonyl (C=O) groups excluding carboxylic acids is 2. The summed E-state index contributed by atoms with van der Waals surface area (Å²) in [6.45, 7) is 2.61. The summed E-state index contributed by atoms with van der Waals surface area (Å²) in [5.74, 6) is -1.11. The van der Waals surface area contributed by atoms with Crippen molar-refractivity contribution >= 4 is 11.8 Å². The summed E-state index contributed by atoms with van der Waals surface area (Å²) >= 11 is 0. The molecule has 19 heavy (non-hydrogen) atoms. The minimum Gasteiger partial charge on any atom is -0.420 e. The van der Waals surface area contributed by atoms with Crippen LogP contribution >= 0.6 is 0 Å². The van der Waals surface area contributed by atoms with Gasteiger partial charge in [0.15, 0.2) is 6.29 Å². The number of para-hydroxylation sites is 1. The largest absolute Gasteiger partial charge is 0.420 e. The molecule has 6 nitrogen and oxygen atoms in total. The van der Waals surface area contributed by atoms with E-state index in [1.54, 1.807) is 31.2 Å². The van der Waals surface area contributed by atoms with Crippen LogP contribution in [-0.4, -0.2) is 30.4 Å². The van der Waals surface area contributed by atoms with Crippen LogP contribution in [0.25, 0.3) is 0 Å². The molecule has 0 amide bonds. The van der Waals surface area contributed by atoms with E-state index in [1.165, 1.54) is 0 Å². The average Bonchev–Trinajstić information content (AvgIpc) is 2.92. The standard InChI is InChI=1S/C13H14O5.H2O/c1-2-10(14)12(15)18-11-6-4-3-5-9(11)13-16-7-8-17-13;/h3-6,13H,2,7-8H2,1H3;1H2. The minimum absolute atomic E-state index is 0. The molecule has 6 heteroatoms. The second-order valence-corrected chi connectivity index (χ2v) is 3.78. The molecule has 0 unspecified atom stereocenters. The van der Waals surface area contributed by atoms with Gasteiger partial charge in [-0.25, -0.2) is 4.79 Å². The lowest BCUT2D eigenvalue weighted by Crippen LogP contribution is -2.20. The Hall–Kier alpha value is -1.76. The number of hydrogen-bond acceptors (Lipinski definition) is 5. The molecule has 0 atom stereocenters. The molecule has 1 aliphatic heterocycles. The molecule has 2 N–H and O–H groups in total. The summed E-state index contributed by atoms with van der Waals surface area (Å²) in [6.07, 6.45) is -0.414. The summed E-state index contributed by atoms with van der Waals surface area (Å²) in [5.41, 5.74) is 0.618. The van der Waals surface area contributed by atoms with Crippen LogP contribution in [0.5, 0.6) is 5.75 Å². The molecule has 0 bridgehead atoms. The van der Waals surface area contributed by atoms with E-state index in [1.807, 2.05) is 0 Å². The molecule has 1 heterocycles. The first-order chi connectivity index (χ1) is 8.72. The molecule has 1 saturated heterocycles. The van der Waals surface area contributed by atoms with Gasteiger partial charge in [-0.2, -0.15) is 0 Å². The summed E-state index contributed by atoms with van der Waals surface area (Å²) in [5, 5.41) is 0. The fraction of sp³-hybridized carbons (Fsp3) is 0.385. The van der Waals surface area contributed by atoms with Gasteiger partial charge in [-0.3, -0.25) is 4.79 Å². The minimum atomic E-state index is -0.858. The zero-order valence-corrected chi connectivity index (χ0v) is 10.5. The Morgan fingerprint density at radius 1 is 1.26 bits per heavy atom. The zero-order valence-electron chi connectivity index (χ0n) is 10.5. The van der Waals surface area contributed by atoms with Crippen LogP contribution in [0.2, 0.25) is 0 Å². The van der Waals surface area contributed by atoms with E-state index in [9.17, 15) is 9.59 Å². The second kappa shape index (κ2) is 6.98. The van der Waals surface area contributed by atoms with Crippen LogP contribution in [0.15, 0.2) is 24.3 Å². The van der Waals surface area contributed by atoms with Gasteiger partial charge >= 0.3 is 5.97 Å². The Balaban J connectivity index is 0.00000180. The van der Waals surface area contributed by atoms with Gasteiger partial charge in [0, 0.05) is 6.42 Å². The monoisotopic (exact) mass is 268 g/mol. The molecule has 1 aliphatic rings. The Morgan fingerprint density at radius 3 is 2.53 bits per heavy atom. The first kappa shape index (κ1) is 15.3. The van der Waals surface area contributed by atoms with Gasteiger partial charge in [-0.05, 0) is 6.07 Å². The fourth-order valence-electron chi connectivity index (χ4n) is 1.61. The number of Topliss-reactive ketones (excluding diaryl/α,β-unsaturated/α-hetero) is 1. The van der Waals surface area contributed by atoms with Gasteiger partial charge in [0.2, 0.25) is 5.78 Å². The number of ether oxygens (including phenoxy) is 3. The number of hydrogen-bond donors (Lipinski definition) is 0. The molecule has 0 radical (unpaired) electrons. The van der Waals surface area contributed by atoms with Crippen LogP contribution in [-0.2, 0) is 19.1 Å². The lowest BCUT2D eigenvalue weighted by Gasteiger charge is -2.13. The molecule has 0 saturated carbocycles. The predicted octanol–water partition coefficient (Wildman–Crippen LogP) is 0.792. The molecule has 0 aromatic heterocycles. The highest BCUT2D eigenvalue weighted by atomic mass is 16.7. The third kappa shape index (κ3) is 3.60. The van der Waals surface area contributed by atoms with Gasteiger partial charge in [-0.1, -0.05) is 25.1 Å². The van der Waals surface area contributed by atoms with E-state index in [0.717, 1.165) is 0 Å². The van der Waals surface area contributed by atoms with Crippen molar-refractivity contribution in [2.24, 2.45) is 0 Å².